The summed E-state index contributed by atoms with van der Waals surface area (Å²) in [5.41, 5.74) is 4.86. The van der Waals surface area contributed by atoms with E-state index in [0.29, 0.717) is 12.2 Å². The highest BCUT2D eigenvalue weighted by atomic mass is 32.1. The third-order valence-corrected chi connectivity index (χ3v) is 3.97. The highest BCUT2D eigenvalue weighted by molar-refractivity contribution is 7.09. The van der Waals surface area contributed by atoms with Gasteiger partial charge in [0.1, 0.15) is 5.82 Å². The summed E-state index contributed by atoms with van der Waals surface area (Å²) in [4.78, 5) is 13.1. The molecule has 0 saturated carbocycles. The van der Waals surface area contributed by atoms with Crippen LogP contribution >= 0.6 is 11.3 Å². The molecular formula is C15H15N5S. The molecule has 0 aliphatic heterocycles. The van der Waals surface area contributed by atoms with Crippen LogP contribution in [0.1, 0.15) is 16.9 Å². The molecule has 2 heterocycles. The molecule has 21 heavy (non-hydrogen) atoms. The van der Waals surface area contributed by atoms with Crippen LogP contribution in [0.25, 0.3) is 11.3 Å². The van der Waals surface area contributed by atoms with E-state index in [4.69, 9.17) is 5.84 Å². The standard InChI is InChI=1S/C15H15N5S/c16-20-12(15-17-7-4-8-18-15)9-14-19-13(10-21-14)11-5-2-1-3-6-11/h1-8,10,12,20H,9,16H2. The van der Waals surface area contributed by atoms with E-state index in [1.165, 1.54) is 0 Å². The van der Waals surface area contributed by atoms with E-state index in [-0.39, 0.29) is 6.04 Å². The van der Waals surface area contributed by atoms with E-state index in [9.17, 15) is 0 Å². The summed E-state index contributed by atoms with van der Waals surface area (Å²) in [6.07, 6.45) is 4.09. The number of aromatic nitrogens is 3. The first-order chi connectivity index (χ1) is 10.4. The Balaban J connectivity index is 1.78. The lowest BCUT2D eigenvalue weighted by molar-refractivity contribution is 0.521. The van der Waals surface area contributed by atoms with Gasteiger partial charge in [-0.05, 0) is 6.07 Å². The van der Waals surface area contributed by atoms with Crippen molar-refractivity contribution in [2.24, 2.45) is 5.84 Å². The number of nitrogens with one attached hydrogen (secondary N) is 1. The van der Waals surface area contributed by atoms with E-state index in [0.717, 1.165) is 16.3 Å². The van der Waals surface area contributed by atoms with Crippen molar-refractivity contribution >= 4 is 11.3 Å². The molecule has 3 rings (SSSR count). The number of thiazole rings is 1. The fourth-order valence-corrected chi connectivity index (χ4v) is 2.89. The Hall–Kier alpha value is -2.15. The Morgan fingerprint density at radius 3 is 2.57 bits per heavy atom. The molecule has 0 saturated heterocycles. The van der Waals surface area contributed by atoms with Gasteiger partial charge in [-0.25, -0.2) is 20.4 Å². The smallest absolute Gasteiger partial charge is 0.146 e. The van der Waals surface area contributed by atoms with Crippen molar-refractivity contribution in [2.75, 3.05) is 0 Å². The van der Waals surface area contributed by atoms with Crippen LogP contribution in [-0.2, 0) is 6.42 Å². The summed E-state index contributed by atoms with van der Waals surface area (Å²) in [6, 6.07) is 11.8. The van der Waals surface area contributed by atoms with Crippen LogP contribution in [-0.4, -0.2) is 15.0 Å². The van der Waals surface area contributed by atoms with Gasteiger partial charge in [-0.1, -0.05) is 30.3 Å². The van der Waals surface area contributed by atoms with Crippen molar-refractivity contribution in [3.63, 3.8) is 0 Å². The van der Waals surface area contributed by atoms with Gasteiger partial charge in [0.05, 0.1) is 16.7 Å². The maximum Gasteiger partial charge on any atom is 0.146 e. The Labute approximate surface area is 126 Å². The number of nitrogens with two attached hydrogens (primary N) is 1. The zero-order chi connectivity index (χ0) is 14.5. The minimum Gasteiger partial charge on any atom is -0.271 e. The average molecular weight is 297 g/mol. The number of hydrogen-bond acceptors (Lipinski definition) is 6. The highest BCUT2D eigenvalue weighted by Crippen LogP contribution is 2.24. The summed E-state index contributed by atoms with van der Waals surface area (Å²) in [7, 11) is 0. The molecule has 0 aliphatic rings. The molecular weight excluding hydrogens is 282 g/mol. The summed E-state index contributed by atoms with van der Waals surface area (Å²) < 4.78 is 0. The number of rotatable bonds is 5. The summed E-state index contributed by atoms with van der Waals surface area (Å²) in [5.74, 6) is 6.29. The molecule has 3 N–H and O–H groups in total. The summed E-state index contributed by atoms with van der Waals surface area (Å²) in [5, 5.41) is 3.06. The molecule has 3 aromatic rings. The molecule has 0 aliphatic carbocycles. The monoisotopic (exact) mass is 297 g/mol. The quantitative estimate of drug-likeness (QED) is 0.558. The highest BCUT2D eigenvalue weighted by Gasteiger charge is 2.15. The normalized spacial score (nSPS) is 12.2. The molecule has 1 aromatic carbocycles. The van der Waals surface area contributed by atoms with Gasteiger partial charge < -0.3 is 0 Å². The van der Waals surface area contributed by atoms with Crippen molar-refractivity contribution < 1.29 is 0 Å². The van der Waals surface area contributed by atoms with Crippen molar-refractivity contribution in [3.05, 3.63) is 65.0 Å². The second kappa shape index (κ2) is 6.53. The first-order valence-electron chi connectivity index (χ1n) is 6.59. The second-order valence-corrected chi connectivity index (χ2v) is 5.47. The van der Waals surface area contributed by atoms with Crippen molar-refractivity contribution in [1.29, 1.82) is 0 Å². The molecule has 6 heteroatoms. The third-order valence-electron chi connectivity index (χ3n) is 3.10. The Morgan fingerprint density at radius 1 is 1.10 bits per heavy atom. The van der Waals surface area contributed by atoms with E-state index >= 15 is 0 Å². The SMILES string of the molecule is NNC(Cc1nc(-c2ccccc2)cs1)c1ncccn1. The van der Waals surface area contributed by atoms with E-state index in [2.05, 4.69) is 37.9 Å². The van der Waals surface area contributed by atoms with Crippen molar-refractivity contribution in [2.45, 2.75) is 12.5 Å². The van der Waals surface area contributed by atoms with Crippen LogP contribution in [0, 0.1) is 0 Å². The lowest BCUT2D eigenvalue weighted by Gasteiger charge is -2.12. The van der Waals surface area contributed by atoms with Gasteiger partial charge in [-0.15, -0.1) is 11.3 Å². The predicted molar refractivity (Wildman–Crippen MR) is 83.4 cm³/mol. The number of benzene rings is 1. The molecule has 0 amide bonds. The molecule has 0 fully saturated rings. The minimum absolute atomic E-state index is 0.138. The number of nitrogens with zero attached hydrogens (tertiary/aromatic N) is 3. The molecule has 5 nitrogen and oxygen atoms in total. The molecule has 1 atom stereocenters. The van der Waals surface area contributed by atoms with Gasteiger partial charge in [0.2, 0.25) is 0 Å². The molecule has 0 bridgehead atoms. The van der Waals surface area contributed by atoms with Crippen LogP contribution in [0.15, 0.2) is 54.2 Å². The van der Waals surface area contributed by atoms with Crippen LogP contribution in [0.2, 0.25) is 0 Å². The Bertz CT molecular complexity index is 684. The molecule has 2 aromatic heterocycles. The topological polar surface area (TPSA) is 76.7 Å². The Kier molecular flexibility index (Phi) is 4.30. The van der Waals surface area contributed by atoms with Gasteiger partial charge in [-0.2, -0.15) is 0 Å². The van der Waals surface area contributed by atoms with Crippen LogP contribution in [0.5, 0.6) is 0 Å². The third kappa shape index (κ3) is 3.30. The van der Waals surface area contributed by atoms with Crippen LogP contribution < -0.4 is 11.3 Å². The number of hydrogen-bond donors (Lipinski definition) is 2. The van der Waals surface area contributed by atoms with Gasteiger partial charge in [0, 0.05) is 29.8 Å². The van der Waals surface area contributed by atoms with Crippen molar-refractivity contribution in [3.8, 4) is 11.3 Å². The maximum atomic E-state index is 5.62. The Morgan fingerprint density at radius 2 is 1.86 bits per heavy atom. The van der Waals surface area contributed by atoms with E-state index in [1.807, 2.05) is 18.2 Å². The van der Waals surface area contributed by atoms with E-state index in [1.54, 1.807) is 29.8 Å². The average Bonchev–Trinajstić information content (AvgIpc) is 3.03. The second-order valence-electron chi connectivity index (χ2n) is 4.52. The fraction of sp³-hybridized carbons (Fsp3) is 0.133. The molecule has 106 valence electrons. The van der Waals surface area contributed by atoms with Crippen molar-refractivity contribution in [1.82, 2.24) is 20.4 Å². The maximum absolute atomic E-state index is 5.62. The summed E-state index contributed by atoms with van der Waals surface area (Å²) in [6.45, 7) is 0. The van der Waals surface area contributed by atoms with Gasteiger partial charge >= 0.3 is 0 Å². The number of hydrazine groups is 1. The van der Waals surface area contributed by atoms with Gasteiger partial charge in [-0.3, -0.25) is 5.84 Å². The summed E-state index contributed by atoms with van der Waals surface area (Å²) >= 11 is 1.62. The lowest BCUT2D eigenvalue weighted by atomic mass is 10.2. The zero-order valence-corrected chi connectivity index (χ0v) is 12.1. The first kappa shape index (κ1) is 13.8. The van der Waals surface area contributed by atoms with Gasteiger partial charge in [0.15, 0.2) is 0 Å². The fourth-order valence-electron chi connectivity index (χ4n) is 2.04. The molecule has 1 unspecified atom stereocenters. The largest absolute Gasteiger partial charge is 0.271 e. The first-order valence-corrected chi connectivity index (χ1v) is 7.47. The van der Waals surface area contributed by atoms with Crippen LogP contribution in [0.3, 0.4) is 0 Å². The lowest BCUT2D eigenvalue weighted by Crippen LogP contribution is -2.30. The van der Waals surface area contributed by atoms with Gasteiger partial charge in [0.25, 0.3) is 0 Å². The molecule has 0 spiro atoms. The minimum atomic E-state index is -0.138. The zero-order valence-electron chi connectivity index (χ0n) is 11.3. The van der Waals surface area contributed by atoms with Crippen LogP contribution in [0.4, 0.5) is 0 Å². The van der Waals surface area contributed by atoms with E-state index < -0.39 is 0 Å². The predicted octanol–water partition coefficient (Wildman–Crippen LogP) is 2.35. The molecule has 0 radical (unpaired) electrons.